The van der Waals surface area contributed by atoms with Crippen molar-refractivity contribution in [2.24, 2.45) is 0 Å². The van der Waals surface area contributed by atoms with E-state index in [2.05, 4.69) is 48.1 Å². The van der Waals surface area contributed by atoms with E-state index in [1.54, 1.807) is 0 Å². The van der Waals surface area contributed by atoms with Gasteiger partial charge in [0.05, 0.1) is 5.25 Å². The molecule has 0 spiro atoms. The zero-order valence-electron chi connectivity index (χ0n) is 13.3. The first-order valence-corrected chi connectivity index (χ1v) is 8.64. The van der Waals surface area contributed by atoms with Crippen LogP contribution in [-0.4, -0.2) is 21.0 Å². The normalized spacial score (nSPS) is 17.6. The first-order valence-electron chi connectivity index (χ1n) is 7.76. The summed E-state index contributed by atoms with van der Waals surface area (Å²) in [5, 5.41) is 2.96. The van der Waals surface area contributed by atoms with E-state index in [1.165, 1.54) is 11.1 Å². The topological polar surface area (TPSA) is 51.1 Å². The second-order valence-electron chi connectivity index (χ2n) is 6.02. The Labute approximate surface area is 139 Å². The molecule has 0 radical (unpaired) electrons. The number of amides is 2. The molecular weight excluding hydrogens is 308 g/mol. The lowest BCUT2D eigenvalue weighted by molar-refractivity contribution is -0.118. The van der Waals surface area contributed by atoms with Gasteiger partial charge in [0.15, 0.2) is 0 Å². The van der Waals surface area contributed by atoms with Gasteiger partial charge in [0.2, 0.25) is 5.91 Å². The van der Waals surface area contributed by atoms with Crippen LogP contribution in [0.1, 0.15) is 25.8 Å². The highest BCUT2D eigenvalue weighted by molar-refractivity contribution is 8.15. The third-order valence-electron chi connectivity index (χ3n) is 4.00. The van der Waals surface area contributed by atoms with Gasteiger partial charge < -0.3 is 4.57 Å². The molecule has 5 heteroatoms. The number of imide groups is 1. The van der Waals surface area contributed by atoms with E-state index in [-0.39, 0.29) is 16.4 Å². The van der Waals surface area contributed by atoms with E-state index in [0.717, 1.165) is 35.7 Å². The van der Waals surface area contributed by atoms with Crippen molar-refractivity contribution in [3.63, 3.8) is 0 Å². The summed E-state index contributed by atoms with van der Waals surface area (Å²) in [5.41, 5.74) is 3.63. The number of rotatable bonds is 5. The molecule has 120 valence electrons. The lowest BCUT2D eigenvalue weighted by atomic mass is 10.0. The van der Waals surface area contributed by atoms with Crippen molar-refractivity contribution in [3.8, 4) is 0 Å². The minimum atomic E-state index is -0.317. The predicted molar refractivity (Wildman–Crippen MR) is 94.6 cm³/mol. The maximum atomic E-state index is 11.8. The van der Waals surface area contributed by atoms with Gasteiger partial charge in [0, 0.05) is 23.6 Å². The summed E-state index contributed by atoms with van der Waals surface area (Å²) in [6, 6.07) is 8.27. The number of hydrogen-bond acceptors (Lipinski definition) is 3. The average Bonchev–Trinajstić information content (AvgIpc) is 3.03. The van der Waals surface area contributed by atoms with Gasteiger partial charge in [0.25, 0.3) is 5.24 Å². The molecule has 0 saturated carbocycles. The average molecular weight is 328 g/mol. The number of fused-ring (bicyclic) bond motifs is 1. The molecule has 1 N–H and O–H groups in total. The van der Waals surface area contributed by atoms with Crippen molar-refractivity contribution in [2.75, 3.05) is 0 Å². The maximum Gasteiger partial charge on any atom is 0.286 e. The Kier molecular flexibility index (Phi) is 4.57. The van der Waals surface area contributed by atoms with E-state index >= 15 is 0 Å². The van der Waals surface area contributed by atoms with Crippen LogP contribution in [-0.2, 0) is 17.8 Å². The first kappa shape index (κ1) is 15.9. The van der Waals surface area contributed by atoms with Crippen LogP contribution in [0.25, 0.3) is 10.9 Å². The Morgan fingerprint density at radius 3 is 2.83 bits per heavy atom. The molecule has 3 rings (SSSR count). The van der Waals surface area contributed by atoms with Gasteiger partial charge in [0.1, 0.15) is 0 Å². The highest BCUT2D eigenvalue weighted by atomic mass is 32.2. The fourth-order valence-corrected chi connectivity index (χ4v) is 3.73. The molecular formula is C18H20N2O2S. The molecule has 1 unspecified atom stereocenters. The van der Waals surface area contributed by atoms with Gasteiger partial charge in [-0.05, 0) is 44.4 Å². The van der Waals surface area contributed by atoms with Gasteiger partial charge in [-0.1, -0.05) is 35.5 Å². The van der Waals surface area contributed by atoms with E-state index in [1.807, 2.05) is 12.1 Å². The largest absolute Gasteiger partial charge is 0.347 e. The van der Waals surface area contributed by atoms with Gasteiger partial charge >= 0.3 is 0 Å². The SMILES string of the molecule is CC(C)=CCCn1ccc2c(CC3SC(=O)NC3=O)cccc21. The van der Waals surface area contributed by atoms with E-state index < -0.39 is 0 Å². The summed E-state index contributed by atoms with van der Waals surface area (Å²) in [7, 11) is 0. The summed E-state index contributed by atoms with van der Waals surface area (Å²) in [6.07, 6.45) is 5.92. The zero-order chi connectivity index (χ0) is 16.4. The van der Waals surface area contributed by atoms with Crippen LogP contribution < -0.4 is 5.32 Å². The summed E-state index contributed by atoms with van der Waals surface area (Å²) in [5.74, 6) is -0.181. The quantitative estimate of drug-likeness (QED) is 0.847. The summed E-state index contributed by atoms with van der Waals surface area (Å²) in [6.45, 7) is 5.16. The van der Waals surface area contributed by atoms with Crippen LogP contribution in [0, 0.1) is 0 Å². The predicted octanol–water partition coefficient (Wildman–Crippen LogP) is 3.89. The van der Waals surface area contributed by atoms with Crippen molar-refractivity contribution in [2.45, 2.75) is 38.5 Å². The third-order valence-corrected chi connectivity index (χ3v) is 4.98. The molecule has 1 saturated heterocycles. The highest BCUT2D eigenvalue weighted by Crippen LogP contribution is 2.27. The minimum absolute atomic E-state index is 0.181. The number of aromatic nitrogens is 1. The zero-order valence-corrected chi connectivity index (χ0v) is 14.2. The van der Waals surface area contributed by atoms with Gasteiger partial charge in [-0.25, -0.2) is 0 Å². The molecule has 0 bridgehead atoms. The van der Waals surface area contributed by atoms with Crippen molar-refractivity contribution in [1.29, 1.82) is 0 Å². The molecule has 2 aromatic rings. The fourth-order valence-electron chi connectivity index (χ4n) is 2.88. The molecule has 4 nitrogen and oxygen atoms in total. The summed E-state index contributed by atoms with van der Waals surface area (Å²) in [4.78, 5) is 23.1. The standard InChI is InChI=1S/C18H20N2O2S/c1-12(2)5-4-9-20-10-8-14-13(6-3-7-15(14)20)11-16-17(21)19-18(22)23-16/h3,5-8,10,16H,4,9,11H2,1-2H3,(H,19,21,22). The van der Waals surface area contributed by atoms with E-state index in [9.17, 15) is 9.59 Å². The Bertz CT molecular complexity index is 787. The number of hydrogen-bond donors (Lipinski definition) is 1. The molecule has 2 heterocycles. The van der Waals surface area contributed by atoms with Crippen molar-refractivity contribution < 1.29 is 9.59 Å². The van der Waals surface area contributed by atoms with Crippen LogP contribution in [0.4, 0.5) is 4.79 Å². The number of benzene rings is 1. The van der Waals surface area contributed by atoms with Crippen LogP contribution in [0.5, 0.6) is 0 Å². The third kappa shape index (κ3) is 3.50. The molecule has 1 aliphatic heterocycles. The fraction of sp³-hybridized carbons (Fsp3) is 0.333. The molecule has 2 amide bonds. The number of nitrogens with zero attached hydrogens (tertiary/aromatic N) is 1. The van der Waals surface area contributed by atoms with Crippen molar-refractivity contribution >= 4 is 33.8 Å². The summed E-state index contributed by atoms with van der Waals surface area (Å²) >= 11 is 1.09. The van der Waals surface area contributed by atoms with Crippen LogP contribution in [0.2, 0.25) is 0 Å². The number of carbonyl (C=O) groups excluding carboxylic acids is 2. The summed E-state index contributed by atoms with van der Waals surface area (Å²) < 4.78 is 2.24. The molecule has 1 atom stereocenters. The van der Waals surface area contributed by atoms with Crippen molar-refractivity contribution in [3.05, 3.63) is 47.7 Å². The minimum Gasteiger partial charge on any atom is -0.347 e. The molecule has 23 heavy (non-hydrogen) atoms. The number of carbonyl (C=O) groups is 2. The van der Waals surface area contributed by atoms with Crippen LogP contribution in [0.15, 0.2) is 42.1 Å². The highest BCUT2D eigenvalue weighted by Gasteiger charge is 2.31. The Morgan fingerprint density at radius 1 is 1.30 bits per heavy atom. The number of nitrogens with one attached hydrogen (secondary N) is 1. The molecule has 1 aliphatic rings. The van der Waals surface area contributed by atoms with Gasteiger partial charge in [-0.2, -0.15) is 0 Å². The van der Waals surface area contributed by atoms with E-state index in [4.69, 9.17) is 0 Å². The first-order chi connectivity index (χ1) is 11.0. The monoisotopic (exact) mass is 328 g/mol. The van der Waals surface area contributed by atoms with E-state index in [0.29, 0.717) is 6.42 Å². The second kappa shape index (κ2) is 6.62. The smallest absolute Gasteiger partial charge is 0.286 e. The maximum absolute atomic E-state index is 11.8. The molecule has 1 aromatic carbocycles. The lowest BCUT2D eigenvalue weighted by Gasteiger charge is -2.08. The van der Waals surface area contributed by atoms with Gasteiger partial charge in [-0.15, -0.1) is 0 Å². The van der Waals surface area contributed by atoms with Crippen LogP contribution >= 0.6 is 11.8 Å². The van der Waals surface area contributed by atoms with Crippen LogP contribution in [0.3, 0.4) is 0 Å². The molecule has 1 aromatic heterocycles. The van der Waals surface area contributed by atoms with Crippen molar-refractivity contribution in [1.82, 2.24) is 9.88 Å². The number of aryl methyl sites for hydroxylation is 1. The lowest BCUT2D eigenvalue weighted by Crippen LogP contribution is -2.25. The molecule has 1 fully saturated rings. The van der Waals surface area contributed by atoms with Gasteiger partial charge in [-0.3, -0.25) is 14.9 Å². The number of thioether (sulfide) groups is 1. The second-order valence-corrected chi connectivity index (χ2v) is 7.19. The Morgan fingerprint density at radius 2 is 2.13 bits per heavy atom. The Balaban J connectivity index is 1.82. The number of allylic oxidation sites excluding steroid dienone is 2. The molecule has 0 aliphatic carbocycles. The Hall–Kier alpha value is -2.01.